The summed E-state index contributed by atoms with van der Waals surface area (Å²) in [4.78, 5) is 15.2. The van der Waals surface area contributed by atoms with E-state index in [0.717, 1.165) is 30.9 Å². The maximum atomic E-state index is 4.74. The highest BCUT2D eigenvalue weighted by Crippen LogP contribution is 2.41. The number of aromatic nitrogens is 5. The first-order valence-corrected chi connectivity index (χ1v) is 22.2. The average Bonchev–Trinajstić information content (AvgIpc) is 3.85. The fourth-order valence-electron chi connectivity index (χ4n) is 4.87. The van der Waals surface area contributed by atoms with Gasteiger partial charge in [0.05, 0.1) is 32.7 Å². The van der Waals surface area contributed by atoms with Gasteiger partial charge in [-0.3, -0.25) is 4.68 Å². The molecule has 4 aromatic rings. The van der Waals surface area contributed by atoms with Gasteiger partial charge in [0.15, 0.2) is 0 Å². The standard InChI is InChI=1S/C17H22N2.C14H17N3S.4C3H8.2C2H6/c1-11(2)14-6-5-13-7-8-19-17(15(13)9-14)10-16(18-19)12(3)4;1-7(2)13-15-6-9-5-10-12(11(9)17-13)18-14(16-10)8(3)4;4*1-3-2;2*1-2/h5-6,9-12H,7-8H2,1-4H3;6-8H,5H2,1-4H3;4*3H2,1-2H3;2*1-2H3. The zero-order chi connectivity index (χ0) is 41.3. The number of thiazole rings is 1. The first kappa shape index (κ1) is 52.2. The third kappa shape index (κ3) is 17.0. The predicted molar refractivity (Wildman–Crippen MR) is 240 cm³/mol. The maximum Gasteiger partial charge on any atom is 0.131 e. The highest BCUT2D eigenvalue weighted by molar-refractivity contribution is 7.15. The minimum absolute atomic E-state index is 0.372. The van der Waals surface area contributed by atoms with Crippen LogP contribution >= 0.6 is 11.3 Å². The minimum Gasteiger partial charge on any atom is -0.264 e. The zero-order valence-corrected chi connectivity index (χ0v) is 39.1. The predicted octanol–water partition coefficient (Wildman–Crippen LogP) is 15.8. The average molecular weight is 750 g/mol. The van der Waals surface area contributed by atoms with Crippen molar-refractivity contribution in [3.05, 3.63) is 69.4 Å². The van der Waals surface area contributed by atoms with Crippen molar-refractivity contribution in [2.45, 2.75) is 207 Å². The summed E-state index contributed by atoms with van der Waals surface area (Å²) >= 11 is 1.79. The van der Waals surface area contributed by atoms with E-state index >= 15 is 0 Å². The summed E-state index contributed by atoms with van der Waals surface area (Å²) in [5.41, 5.74) is 10.3. The molecule has 53 heavy (non-hydrogen) atoms. The van der Waals surface area contributed by atoms with Crippen LogP contribution in [0.2, 0.25) is 0 Å². The third-order valence-electron chi connectivity index (χ3n) is 7.24. The van der Waals surface area contributed by atoms with Crippen LogP contribution in [-0.2, 0) is 19.4 Å². The van der Waals surface area contributed by atoms with E-state index in [4.69, 9.17) is 15.1 Å². The molecule has 6 rings (SSSR count). The Morgan fingerprint density at radius 2 is 1.21 bits per heavy atom. The molecule has 6 heteroatoms. The Morgan fingerprint density at radius 1 is 0.660 bits per heavy atom. The van der Waals surface area contributed by atoms with Crippen molar-refractivity contribution in [2.75, 3.05) is 0 Å². The van der Waals surface area contributed by atoms with Gasteiger partial charge in [0, 0.05) is 42.1 Å². The van der Waals surface area contributed by atoms with E-state index in [2.05, 4.69) is 145 Å². The van der Waals surface area contributed by atoms with E-state index in [1.54, 1.807) is 11.3 Å². The molecule has 0 unspecified atom stereocenters. The number of rotatable bonds is 4. The molecule has 0 bridgehead atoms. The smallest absolute Gasteiger partial charge is 0.131 e. The van der Waals surface area contributed by atoms with Crippen LogP contribution < -0.4 is 0 Å². The largest absolute Gasteiger partial charge is 0.264 e. The molecule has 0 saturated carbocycles. The number of hydrogen-bond donors (Lipinski definition) is 0. The van der Waals surface area contributed by atoms with Crippen LogP contribution in [0.5, 0.6) is 0 Å². The topological polar surface area (TPSA) is 56.5 Å². The van der Waals surface area contributed by atoms with Gasteiger partial charge in [-0.05, 0) is 41.5 Å². The molecule has 0 atom stereocenters. The van der Waals surface area contributed by atoms with Crippen LogP contribution in [0, 0.1) is 0 Å². The van der Waals surface area contributed by atoms with E-state index in [1.807, 2.05) is 33.9 Å². The summed E-state index contributed by atoms with van der Waals surface area (Å²) in [5, 5.41) is 5.96. The van der Waals surface area contributed by atoms with Crippen LogP contribution in [-0.4, -0.2) is 24.7 Å². The Bertz CT molecular complexity index is 1480. The molecule has 1 aromatic carbocycles. The van der Waals surface area contributed by atoms with E-state index in [0.29, 0.717) is 23.7 Å². The lowest BCUT2D eigenvalue weighted by Gasteiger charge is -2.19. The lowest BCUT2D eigenvalue weighted by molar-refractivity contribution is 0.591. The summed E-state index contributed by atoms with van der Waals surface area (Å²) in [6.45, 7) is 43.6. The van der Waals surface area contributed by atoms with Gasteiger partial charge in [-0.2, -0.15) is 5.10 Å². The molecule has 0 radical (unpaired) electrons. The molecule has 0 amide bonds. The van der Waals surface area contributed by atoms with Gasteiger partial charge in [0.25, 0.3) is 0 Å². The molecular formula is C47H83N5S. The molecule has 302 valence electrons. The number of fused-ring (bicyclic) bond motifs is 6. The van der Waals surface area contributed by atoms with Crippen LogP contribution in [0.4, 0.5) is 0 Å². The molecule has 1 aliphatic carbocycles. The van der Waals surface area contributed by atoms with Crippen molar-refractivity contribution < 1.29 is 0 Å². The number of nitrogens with zero attached hydrogens (tertiary/aromatic N) is 5. The molecule has 1 aliphatic heterocycles. The van der Waals surface area contributed by atoms with Crippen LogP contribution in [0.15, 0.2) is 30.5 Å². The van der Waals surface area contributed by atoms with Crippen LogP contribution in [0.1, 0.15) is 227 Å². The highest BCUT2D eigenvalue weighted by Gasteiger charge is 2.26. The third-order valence-corrected chi connectivity index (χ3v) is 8.65. The first-order valence-electron chi connectivity index (χ1n) is 21.3. The summed E-state index contributed by atoms with van der Waals surface area (Å²) in [5.74, 6) is 2.87. The van der Waals surface area contributed by atoms with Gasteiger partial charge in [-0.15, -0.1) is 11.3 Å². The Hall–Kier alpha value is -2.86. The second kappa shape index (κ2) is 29.5. The first-order chi connectivity index (χ1) is 25.3. The summed E-state index contributed by atoms with van der Waals surface area (Å²) in [6.07, 6.45) is 8.97. The molecule has 5 nitrogen and oxygen atoms in total. The van der Waals surface area contributed by atoms with Crippen molar-refractivity contribution in [2.24, 2.45) is 0 Å². The summed E-state index contributed by atoms with van der Waals surface area (Å²) < 4.78 is 2.18. The number of aryl methyl sites for hydroxylation is 2. The molecule has 0 saturated heterocycles. The summed E-state index contributed by atoms with van der Waals surface area (Å²) in [7, 11) is 0. The fourth-order valence-corrected chi connectivity index (χ4v) is 5.98. The number of benzene rings is 1. The van der Waals surface area contributed by atoms with E-state index in [1.165, 1.54) is 74.9 Å². The van der Waals surface area contributed by atoms with Crippen molar-refractivity contribution in [3.8, 4) is 21.8 Å². The van der Waals surface area contributed by atoms with Gasteiger partial charge >= 0.3 is 0 Å². The van der Waals surface area contributed by atoms with Crippen molar-refractivity contribution in [3.63, 3.8) is 0 Å². The summed E-state index contributed by atoms with van der Waals surface area (Å²) in [6, 6.07) is 9.21. The molecule has 0 N–H and O–H groups in total. The van der Waals surface area contributed by atoms with Crippen LogP contribution in [0.25, 0.3) is 21.8 Å². The molecular weight excluding hydrogens is 667 g/mol. The van der Waals surface area contributed by atoms with Crippen molar-refractivity contribution >= 4 is 11.3 Å². The van der Waals surface area contributed by atoms with Gasteiger partial charge in [-0.25, -0.2) is 15.0 Å². The molecule has 0 spiro atoms. The lowest BCUT2D eigenvalue weighted by atomic mass is 9.92. The quantitative estimate of drug-likeness (QED) is 0.184. The Kier molecular flexibility index (Phi) is 29.1. The lowest BCUT2D eigenvalue weighted by Crippen LogP contribution is -2.12. The molecule has 0 fully saturated rings. The van der Waals surface area contributed by atoms with Gasteiger partial charge in [-0.1, -0.05) is 176 Å². The van der Waals surface area contributed by atoms with Crippen molar-refractivity contribution in [1.82, 2.24) is 24.7 Å². The monoisotopic (exact) mass is 750 g/mol. The Morgan fingerprint density at radius 3 is 1.68 bits per heavy atom. The van der Waals surface area contributed by atoms with Gasteiger partial charge in [0.2, 0.25) is 0 Å². The van der Waals surface area contributed by atoms with E-state index < -0.39 is 0 Å². The van der Waals surface area contributed by atoms with Crippen LogP contribution in [0.3, 0.4) is 0 Å². The second-order valence-electron chi connectivity index (χ2n) is 14.4. The Balaban J connectivity index is 0. The van der Waals surface area contributed by atoms with Gasteiger partial charge < -0.3 is 0 Å². The molecule has 3 aromatic heterocycles. The van der Waals surface area contributed by atoms with Gasteiger partial charge in [0.1, 0.15) is 5.82 Å². The van der Waals surface area contributed by atoms with Crippen molar-refractivity contribution in [1.29, 1.82) is 0 Å². The Labute approximate surface area is 333 Å². The fraction of sp³-hybridized carbons (Fsp3) is 0.660. The second-order valence-corrected chi connectivity index (χ2v) is 15.4. The molecule has 2 aliphatic rings. The maximum absolute atomic E-state index is 4.74. The van der Waals surface area contributed by atoms with E-state index in [9.17, 15) is 0 Å². The normalized spacial score (nSPS) is 11.0. The zero-order valence-electron chi connectivity index (χ0n) is 38.3. The highest BCUT2D eigenvalue weighted by atomic mass is 32.1. The number of hydrogen-bond acceptors (Lipinski definition) is 5. The van der Waals surface area contributed by atoms with E-state index in [-0.39, 0.29) is 0 Å². The minimum atomic E-state index is 0.372. The SMILES string of the molecule is CC.CC.CC(C)c1ccc2c(c1)-c1cc(C(C)C)nn1CC2.CC(C)c1ncc2c(n1)-c1sc(C(C)C)nc1C2.CCC.CCC.CCC.CCC. The molecule has 4 heterocycles.